The molecule has 3 rings (SSSR count). The number of aryl methyl sites for hydroxylation is 1. The highest BCUT2D eigenvalue weighted by Crippen LogP contribution is 2.30. The summed E-state index contributed by atoms with van der Waals surface area (Å²) in [4.78, 5) is 39.1. The van der Waals surface area contributed by atoms with Gasteiger partial charge >= 0.3 is 6.03 Å². The maximum Gasteiger partial charge on any atom is 0.325 e. The third-order valence-corrected chi connectivity index (χ3v) is 5.44. The van der Waals surface area contributed by atoms with Crippen molar-refractivity contribution in [1.82, 2.24) is 10.2 Å². The lowest BCUT2D eigenvalue weighted by Gasteiger charge is -2.22. The Morgan fingerprint density at radius 2 is 1.83 bits per heavy atom. The number of nitrogens with one attached hydrogen (secondary N) is 2. The minimum absolute atomic E-state index is 0.218. The molecular weight excluding hydrogens is 390 g/mol. The molecular formula is C22H24ClN3O3. The Morgan fingerprint density at radius 1 is 1.17 bits per heavy atom. The first-order valence-electron chi connectivity index (χ1n) is 9.43. The fourth-order valence-corrected chi connectivity index (χ4v) is 3.61. The maximum atomic E-state index is 13.0. The minimum atomic E-state index is -1.24. The lowest BCUT2D eigenvalue weighted by molar-refractivity contribution is -0.133. The SMILES string of the molecule is Cc1cccc(C(C)C)c1NC(=O)CN1C(=O)N[C@@](C)(c2ccc(Cl)cc2)C1=O. The molecule has 29 heavy (non-hydrogen) atoms. The fourth-order valence-electron chi connectivity index (χ4n) is 3.48. The molecule has 7 heteroatoms. The zero-order valence-electron chi connectivity index (χ0n) is 16.9. The minimum Gasteiger partial charge on any atom is -0.324 e. The summed E-state index contributed by atoms with van der Waals surface area (Å²) in [7, 11) is 0. The van der Waals surface area contributed by atoms with Crippen LogP contribution in [0.1, 0.15) is 43.4 Å². The van der Waals surface area contributed by atoms with E-state index in [-0.39, 0.29) is 12.5 Å². The van der Waals surface area contributed by atoms with Crippen LogP contribution < -0.4 is 10.6 Å². The van der Waals surface area contributed by atoms with Crippen molar-refractivity contribution in [3.8, 4) is 0 Å². The zero-order chi connectivity index (χ0) is 21.3. The average molecular weight is 414 g/mol. The average Bonchev–Trinajstić information content (AvgIpc) is 2.87. The van der Waals surface area contributed by atoms with Crippen molar-refractivity contribution >= 4 is 35.1 Å². The molecule has 1 aliphatic rings. The quantitative estimate of drug-likeness (QED) is 0.722. The number of hydrogen-bond donors (Lipinski definition) is 2. The predicted octanol–water partition coefficient (Wildman–Crippen LogP) is 4.18. The first-order valence-corrected chi connectivity index (χ1v) is 9.81. The number of anilines is 1. The van der Waals surface area contributed by atoms with Crippen molar-refractivity contribution in [2.75, 3.05) is 11.9 Å². The van der Waals surface area contributed by atoms with Gasteiger partial charge in [0.05, 0.1) is 0 Å². The molecule has 0 unspecified atom stereocenters. The van der Waals surface area contributed by atoms with Gasteiger partial charge in [-0.25, -0.2) is 4.79 Å². The van der Waals surface area contributed by atoms with E-state index < -0.39 is 23.4 Å². The second kappa shape index (κ2) is 7.87. The van der Waals surface area contributed by atoms with E-state index in [0.717, 1.165) is 21.7 Å². The molecule has 1 heterocycles. The second-order valence-corrected chi connectivity index (χ2v) is 8.13. The van der Waals surface area contributed by atoms with E-state index >= 15 is 0 Å². The van der Waals surface area contributed by atoms with Crippen molar-refractivity contribution in [3.63, 3.8) is 0 Å². The molecule has 0 aliphatic carbocycles. The number of hydrogen-bond acceptors (Lipinski definition) is 3. The molecule has 0 radical (unpaired) electrons. The van der Waals surface area contributed by atoms with Gasteiger partial charge < -0.3 is 10.6 Å². The monoisotopic (exact) mass is 413 g/mol. The molecule has 1 aliphatic heterocycles. The Labute approximate surface area is 175 Å². The largest absolute Gasteiger partial charge is 0.325 e. The van der Waals surface area contributed by atoms with Crippen LogP contribution >= 0.6 is 11.6 Å². The lowest BCUT2D eigenvalue weighted by atomic mass is 9.92. The van der Waals surface area contributed by atoms with Gasteiger partial charge in [-0.3, -0.25) is 14.5 Å². The number of carbonyl (C=O) groups is 3. The Hall–Kier alpha value is -2.86. The summed E-state index contributed by atoms with van der Waals surface area (Å²) in [5.74, 6) is -0.686. The third-order valence-electron chi connectivity index (χ3n) is 5.19. The van der Waals surface area contributed by atoms with Crippen molar-refractivity contribution in [2.45, 2.75) is 39.2 Å². The summed E-state index contributed by atoms with van der Waals surface area (Å²) in [6.45, 7) is 7.25. The molecule has 0 bridgehead atoms. The summed E-state index contributed by atoms with van der Waals surface area (Å²) >= 11 is 5.92. The first-order chi connectivity index (χ1) is 13.6. The normalized spacial score (nSPS) is 18.9. The van der Waals surface area contributed by atoms with Crippen molar-refractivity contribution in [3.05, 3.63) is 64.2 Å². The lowest BCUT2D eigenvalue weighted by Crippen LogP contribution is -2.42. The smallest absolute Gasteiger partial charge is 0.324 e. The molecule has 2 aromatic rings. The predicted molar refractivity (Wildman–Crippen MR) is 113 cm³/mol. The van der Waals surface area contributed by atoms with Crippen molar-refractivity contribution < 1.29 is 14.4 Å². The van der Waals surface area contributed by atoms with Crippen molar-refractivity contribution in [1.29, 1.82) is 0 Å². The Morgan fingerprint density at radius 3 is 2.45 bits per heavy atom. The van der Waals surface area contributed by atoms with Crippen LogP contribution in [0.2, 0.25) is 5.02 Å². The van der Waals surface area contributed by atoms with Gasteiger partial charge in [0.1, 0.15) is 12.1 Å². The Kier molecular flexibility index (Phi) is 5.66. The van der Waals surface area contributed by atoms with Crippen LogP contribution in [-0.4, -0.2) is 29.3 Å². The van der Waals surface area contributed by atoms with E-state index in [1.54, 1.807) is 31.2 Å². The molecule has 2 aromatic carbocycles. The highest BCUT2D eigenvalue weighted by atomic mass is 35.5. The van der Waals surface area contributed by atoms with Crippen LogP contribution in [0.15, 0.2) is 42.5 Å². The molecule has 6 nitrogen and oxygen atoms in total. The van der Waals surface area contributed by atoms with Crippen LogP contribution in [0.5, 0.6) is 0 Å². The van der Waals surface area contributed by atoms with E-state index in [2.05, 4.69) is 10.6 Å². The van der Waals surface area contributed by atoms with Crippen molar-refractivity contribution in [2.24, 2.45) is 0 Å². The fraction of sp³-hybridized carbons (Fsp3) is 0.318. The summed E-state index contributed by atoms with van der Waals surface area (Å²) in [5, 5.41) is 6.09. The van der Waals surface area contributed by atoms with Gasteiger partial charge in [-0.1, -0.05) is 55.8 Å². The Bertz CT molecular complexity index is 972. The summed E-state index contributed by atoms with van der Waals surface area (Å²) in [5.41, 5.74) is 2.01. The number of benzene rings is 2. The van der Waals surface area contributed by atoms with Crippen LogP contribution in [0.4, 0.5) is 10.5 Å². The number of halogens is 1. The number of rotatable bonds is 5. The maximum absolute atomic E-state index is 13.0. The van der Waals surface area contributed by atoms with E-state index in [1.807, 2.05) is 39.0 Å². The first kappa shape index (κ1) is 20.9. The number of carbonyl (C=O) groups excluding carboxylic acids is 3. The molecule has 0 aromatic heterocycles. The van der Waals surface area contributed by atoms with E-state index in [1.165, 1.54) is 0 Å². The zero-order valence-corrected chi connectivity index (χ0v) is 17.6. The summed E-state index contributed by atoms with van der Waals surface area (Å²) in [6, 6.07) is 11.9. The van der Waals surface area contributed by atoms with Crippen LogP contribution in [0, 0.1) is 6.92 Å². The number of para-hydroxylation sites is 1. The van der Waals surface area contributed by atoms with Gasteiger partial charge in [0.2, 0.25) is 5.91 Å². The van der Waals surface area contributed by atoms with E-state index in [9.17, 15) is 14.4 Å². The number of amides is 4. The summed E-state index contributed by atoms with van der Waals surface area (Å²) < 4.78 is 0. The van der Waals surface area contributed by atoms with Crippen LogP contribution in [-0.2, 0) is 15.1 Å². The molecule has 1 saturated heterocycles. The van der Waals surface area contributed by atoms with Gasteiger partial charge in [-0.2, -0.15) is 0 Å². The molecule has 152 valence electrons. The van der Waals surface area contributed by atoms with Gasteiger partial charge in [-0.15, -0.1) is 0 Å². The van der Waals surface area contributed by atoms with Gasteiger partial charge in [0, 0.05) is 10.7 Å². The molecule has 0 spiro atoms. The highest BCUT2D eigenvalue weighted by Gasteiger charge is 2.49. The van der Waals surface area contributed by atoms with Gasteiger partial charge in [-0.05, 0) is 48.6 Å². The van der Waals surface area contributed by atoms with Gasteiger partial charge in [0.15, 0.2) is 0 Å². The molecule has 4 amide bonds. The second-order valence-electron chi connectivity index (χ2n) is 7.70. The topological polar surface area (TPSA) is 78.5 Å². The van der Waals surface area contributed by atoms with Crippen LogP contribution in [0.25, 0.3) is 0 Å². The number of urea groups is 1. The summed E-state index contributed by atoms with van der Waals surface area (Å²) in [6.07, 6.45) is 0. The van der Waals surface area contributed by atoms with E-state index in [0.29, 0.717) is 10.6 Å². The molecule has 2 N–H and O–H groups in total. The molecule has 1 fully saturated rings. The molecule has 0 saturated carbocycles. The molecule has 1 atom stereocenters. The van der Waals surface area contributed by atoms with E-state index in [4.69, 9.17) is 11.6 Å². The number of nitrogens with zero attached hydrogens (tertiary/aromatic N) is 1. The third kappa shape index (κ3) is 3.98. The highest BCUT2D eigenvalue weighted by molar-refractivity contribution is 6.30. The Balaban J connectivity index is 1.79. The van der Waals surface area contributed by atoms with Gasteiger partial charge in [0.25, 0.3) is 5.91 Å². The standard InChI is InChI=1S/C22H24ClN3O3/c1-13(2)17-7-5-6-14(3)19(17)24-18(27)12-26-20(28)22(4,25-21(26)29)15-8-10-16(23)11-9-15/h5-11,13H,12H2,1-4H3,(H,24,27)(H,25,29)/t22-/m0/s1. The number of imide groups is 1. The van der Waals surface area contributed by atoms with Crippen LogP contribution in [0.3, 0.4) is 0 Å².